The first-order valence-corrected chi connectivity index (χ1v) is 11.9. The van der Waals surface area contributed by atoms with Crippen molar-refractivity contribution in [2.24, 2.45) is 17.4 Å². The molecule has 168 valence electrons. The summed E-state index contributed by atoms with van der Waals surface area (Å²) in [6, 6.07) is 13.2. The topological polar surface area (TPSA) is 102 Å². The lowest BCUT2D eigenvalue weighted by molar-refractivity contribution is 0.560. The van der Waals surface area contributed by atoms with Gasteiger partial charge >= 0.3 is 0 Å². The number of rotatable bonds is 10. The van der Waals surface area contributed by atoms with Crippen molar-refractivity contribution in [3.8, 4) is 0 Å². The van der Waals surface area contributed by atoms with Gasteiger partial charge < -0.3 is 21.5 Å². The van der Waals surface area contributed by atoms with Crippen LogP contribution in [0.25, 0.3) is 0 Å². The summed E-state index contributed by atoms with van der Waals surface area (Å²) in [4.78, 5) is 4.50. The number of aromatic nitrogens is 2. The van der Waals surface area contributed by atoms with Crippen molar-refractivity contribution in [3.63, 3.8) is 0 Å². The average Bonchev–Trinajstić information content (AvgIpc) is 3.30. The zero-order valence-electron chi connectivity index (χ0n) is 18.0. The minimum absolute atomic E-state index is 0.226. The molecular weight excluding hydrogens is 431 g/mol. The molecule has 1 aromatic heterocycles. The molecule has 31 heavy (non-hydrogen) atoms. The number of nitrogens with one attached hydrogen (secondary N) is 2. The van der Waals surface area contributed by atoms with E-state index in [1.807, 2.05) is 24.3 Å². The Kier molecular flexibility index (Phi) is 11.3. The fourth-order valence-electron chi connectivity index (χ4n) is 2.78. The van der Waals surface area contributed by atoms with Crippen molar-refractivity contribution in [2.45, 2.75) is 38.1 Å². The summed E-state index contributed by atoms with van der Waals surface area (Å²) in [5.41, 5.74) is 14.8. The van der Waals surface area contributed by atoms with Crippen molar-refractivity contribution in [1.82, 2.24) is 9.36 Å². The highest BCUT2D eigenvalue weighted by Gasteiger charge is 2.11. The number of hydrogen-bond acceptors (Lipinski definition) is 8. The molecule has 0 saturated carbocycles. The van der Waals surface area contributed by atoms with Crippen molar-refractivity contribution >= 4 is 34.3 Å². The van der Waals surface area contributed by atoms with Crippen molar-refractivity contribution in [3.05, 3.63) is 65.7 Å². The quantitative estimate of drug-likeness (QED) is 0.318. The third-order valence-corrected chi connectivity index (χ3v) is 5.87. The van der Waals surface area contributed by atoms with E-state index in [-0.39, 0.29) is 11.7 Å². The van der Waals surface area contributed by atoms with Crippen LogP contribution in [0.2, 0.25) is 0 Å². The Morgan fingerprint density at radius 3 is 2.48 bits per heavy atom. The van der Waals surface area contributed by atoms with E-state index in [9.17, 15) is 4.39 Å². The Morgan fingerprint density at radius 1 is 1.13 bits per heavy atom. The third kappa shape index (κ3) is 8.45. The molecule has 3 aromatic rings. The highest BCUT2D eigenvalue weighted by atomic mass is 32.2. The van der Waals surface area contributed by atoms with Crippen LogP contribution in [-0.2, 0) is 13.0 Å². The van der Waals surface area contributed by atoms with E-state index < -0.39 is 0 Å². The lowest BCUT2D eigenvalue weighted by atomic mass is 9.95. The lowest BCUT2D eigenvalue weighted by Crippen LogP contribution is -2.25. The Balaban J connectivity index is 0.00000107. The summed E-state index contributed by atoms with van der Waals surface area (Å²) in [6.45, 7) is 5.95. The van der Waals surface area contributed by atoms with Crippen LogP contribution in [0.1, 0.15) is 31.4 Å². The first kappa shape index (κ1) is 25.1. The minimum atomic E-state index is -0.301. The highest BCUT2D eigenvalue weighted by molar-refractivity contribution is 8.00. The molecule has 0 radical (unpaired) electrons. The smallest absolute Gasteiger partial charge is 0.212 e. The Hall–Kier alpha value is -2.20. The van der Waals surface area contributed by atoms with Gasteiger partial charge in [-0.05, 0) is 60.2 Å². The fourth-order valence-corrected chi connectivity index (χ4v) is 3.88. The highest BCUT2D eigenvalue weighted by Crippen LogP contribution is 2.26. The second kappa shape index (κ2) is 14.0. The largest absolute Gasteiger partial charge is 0.385 e. The normalized spacial score (nSPS) is 11.4. The molecule has 3 rings (SSSR count). The number of nitrogens with zero attached hydrogens (tertiary/aromatic N) is 2. The molecule has 1 unspecified atom stereocenters. The van der Waals surface area contributed by atoms with Crippen molar-refractivity contribution in [1.29, 1.82) is 0 Å². The van der Waals surface area contributed by atoms with Crippen LogP contribution >= 0.6 is 23.5 Å². The van der Waals surface area contributed by atoms with Crippen LogP contribution in [0.15, 0.2) is 53.7 Å². The molecule has 0 aliphatic heterocycles. The van der Waals surface area contributed by atoms with Gasteiger partial charge in [0.1, 0.15) is 12.1 Å². The molecule has 0 aliphatic carbocycles. The molecular formula is C22H31FN6S2. The summed E-state index contributed by atoms with van der Waals surface area (Å²) >= 11 is 2.39. The number of hydrogen-bond donors (Lipinski definition) is 4. The van der Waals surface area contributed by atoms with E-state index in [1.54, 1.807) is 6.07 Å². The average molecular weight is 463 g/mol. The number of nitrogens with two attached hydrogens (primary N) is 2. The van der Waals surface area contributed by atoms with Gasteiger partial charge in [0.2, 0.25) is 5.13 Å². The van der Waals surface area contributed by atoms with Gasteiger partial charge in [0.05, 0.1) is 4.90 Å². The second-order valence-corrected chi connectivity index (χ2v) is 8.59. The maximum Gasteiger partial charge on any atom is 0.212 e. The van der Waals surface area contributed by atoms with E-state index in [1.165, 1.54) is 47.9 Å². The van der Waals surface area contributed by atoms with Gasteiger partial charge in [-0.3, -0.25) is 0 Å². The second-order valence-electron chi connectivity index (χ2n) is 6.96. The van der Waals surface area contributed by atoms with Crippen LogP contribution in [0, 0.1) is 11.7 Å². The molecule has 0 amide bonds. The number of benzene rings is 2. The molecule has 1 atom stereocenters. The maximum absolute atomic E-state index is 14.4. The van der Waals surface area contributed by atoms with Gasteiger partial charge in [0, 0.05) is 30.3 Å². The monoisotopic (exact) mass is 462 g/mol. The maximum atomic E-state index is 14.4. The van der Waals surface area contributed by atoms with Gasteiger partial charge in [-0.25, -0.2) is 9.37 Å². The molecule has 2 aromatic carbocycles. The summed E-state index contributed by atoms with van der Waals surface area (Å²) < 4.78 is 21.2. The molecule has 0 aliphatic rings. The van der Waals surface area contributed by atoms with Crippen LogP contribution < -0.4 is 21.5 Å². The van der Waals surface area contributed by atoms with Crippen LogP contribution in [0.5, 0.6) is 0 Å². The van der Waals surface area contributed by atoms with Crippen LogP contribution in [0.4, 0.5) is 15.2 Å². The molecule has 6 N–H and O–H groups in total. The third-order valence-electron chi connectivity index (χ3n) is 4.32. The molecule has 6 nitrogen and oxygen atoms in total. The van der Waals surface area contributed by atoms with E-state index in [4.69, 9.17) is 11.5 Å². The standard InChI is InChI=1S/C19H23FN6S2.C3H8/c20-17-8-16(5-6-18(17)27-26-19-24-12-25-28-19)23-11-13(9-21)7-14-3-1-2-4-15(14)10-22;1-3-2/h1-6,8,12-13,23H,7,9-11,21-22H2,(H,24,25,26);3H2,1-2H3. The molecule has 0 spiro atoms. The van der Waals surface area contributed by atoms with Gasteiger partial charge in [0.25, 0.3) is 0 Å². The summed E-state index contributed by atoms with van der Waals surface area (Å²) in [5.74, 6) is -0.0753. The van der Waals surface area contributed by atoms with E-state index in [0.29, 0.717) is 29.7 Å². The van der Waals surface area contributed by atoms with Crippen molar-refractivity contribution < 1.29 is 4.39 Å². The molecule has 0 bridgehead atoms. The number of halogens is 1. The minimum Gasteiger partial charge on any atom is -0.385 e. The first-order valence-electron chi connectivity index (χ1n) is 10.3. The zero-order valence-corrected chi connectivity index (χ0v) is 19.6. The predicted molar refractivity (Wildman–Crippen MR) is 131 cm³/mol. The molecule has 1 heterocycles. The van der Waals surface area contributed by atoms with Gasteiger partial charge in [-0.2, -0.15) is 4.37 Å². The summed E-state index contributed by atoms with van der Waals surface area (Å²) in [6.07, 6.45) is 3.54. The van der Waals surface area contributed by atoms with E-state index >= 15 is 0 Å². The van der Waals surface area contributed by atoms with E-state index in [0.717, 1.165) is 17.7 Å². The van der Waals surface area contributed by atoms with Crippen LogP contribution in [-0.4, -0.2) is 22.4 Å². The SMILES string of the molecule is CCC.NCc1ccccc1CC(CN)CNc1ccc(SNc2ncns2)c(F)c1. The molecule has 0 saturated heterocycles. The van der Waals surface area contributed by atoms with Gasteiger partial charge in [-0.1, -0.05) is 44.5 Å². The summed E-state index contributed by atoms with van der Waals surface area (Å²) in [7, 11) is 0. The van der Waals surface area contributed by atoms with E-state index in [2.05, 4.69) is 39.3 Å². The lowest BCUT2D eigenvalue weighted by Gasteiger charge is -2.18. The van der Waals surface area contributed by atoms with Crippen molar-refractivity contribution in [2.75, 3.05) is 23.1 Å². The Labute approximate surface area is 192 Å². The Morgan fingerprint density at radius 2 is 1.87 bits per heavy atom. The number of anilines is 2. The first-order chi connectivity index (χ1) is 15.1. The van der Waals surface area contributed by atoms with Crippen LogP contribution in [0.3, 0.4) is 0 Å². The summed E-state index contributed by atoms with van der Waals surface area (Å²) in [5, 5.41) is 3.92. The fraction of sp³-hybridized carbons (Fsp3) is 0.364. The Bertz CT molecular complexity index is 891. The predicted octanol–water partition coefficient (Wildman–Crippen LogP) is 4.90. The molecule has 0 fully saturated rings. The molecule has 9 heteroatoms. The zero-order chi connectivity index (χ0) is 22.5. The van der Waals surface area contributed by atoms with Gasteiger partial charge in [-0.15, -0.1) is 0 Å². The van der Waals surface area contributed by atoms with Gasteiger partial charge in [0.15, 0.2) is 0 Å².